The predicted molar refractivity (Wildman–Crippen MR) is 96.1 cm³/mol. The lowest BCUT2D eigenvalue weighted by atomic mass is 9.94. The summed E-state index contributed by atoms with van der Waals surface area (Å²) >= 11 is 0. The van der Waals surface area contributed by atoms with Crippen LogP contribution in [0.2, 0.25) is 0 Å². The fourth-order valence-corrected chi connectivity index (χ4v) is 4.22. The first-order valence-corrected chi connectivity index (χ1v) is 9.30. The van der Waals surface area contributed by atoms with Gasteiger partial charge in [-0.1, -0.05) is 6.92 Å². The Morgan fingerprint density at radius 1 is 1.12 bits per heavy atom. The van der Waals surface area contributed by atoms with Gasteiger partial charge in [-0.25, -0.2) is 9.97 Å². The molecule has 4 heterocycles. The fourth-order valence-electron chi connectivity index (χ4n) is 4.22. The van der Waals surface area contributed by atoms with E-state index < -0.39 is 0 Å². The van der Waals surface area contributed by atoms with Crippen LogP contribution < -0.4 is 4.90 Å². The van der Waals surface area contributed by atoms with Gasteiger partial charge in [-0.05, 0) is 50.6 Å². The quantitative estimate of drug-likeness (QED) is 0.865. The standard InChI is InChI=1S/C18H28N6/c1-14-5-8-23(9-6-14)11-15-4-3-7-24(12-15)18-16-10-21-22(2)17(16)19-13-20-18/h10,13-15H,3-9,11-12H2,1-2H3/t15-/m0/s1. The van der Waals surface area contributed by atoms with Gasteiger partial charge in [0.2, 0.25) is 0 Å². The molecule has 2 fully saturated rings. The smallest absolute Gasteiger partial charge is 0.163 e. The molecule has 0 unspecified atom stereocenters. The molecular weight excluding hydrogens is 300 g/mol. The Hall–Kier alpha value is -1.69. The second-order valence-electron chi connectivity index (χ2n) is 7.64. The Bertz CT molecular complexity index is 688. The molecule has 4 rings (SSSR count). The molecule has 0 spiro atoms. The van der Waals surface area contributed by atoms with Gasteiger partial charge < -0.3 is 9.80 Å². The van der Waals surface area contributed by atoms with Crippen molar-refractivity contribution < 1.29 is 0 Å². The number of anilines is 1. The molecular formula is C18H28N6. The highest BCUT2D eigenvalue weighted by Crippen LogP contribution is 2.28. The zero-order chi connectivity index (χ0) is 16.5. The summed E-state index contributed by atoms with van der Waals surface area (Å²) in [5.74, 6) is 2.71. The van der Waals surface area contributed by atoms with Crippen molar-refractivity contribution in [1.82, 2.24) is 24.6 Å². The van der Waals surface area contributed by atoms with Gasteiger partial charge in [0, 0.05) is 26.7 Å². The number of hydrogen-bond donors (Lipinski definition) is 0. The van der Waals surface area contributed by atoms with Gasteiger partial charge in [-0.2, -0.15) is 5.10 Å². The van der Waals surface area contributed by atoms with E-state index in [-0.39, 0.29) is 0 Å². The van der Waals surface area contributed by atoms with E-state index in [2.05, 4.69) is 31.8 Å². The minimum atomic E-state index is 0.744. The first-order valence-electron chi connectivity index (χ1n) is 9.30. The number of piperidine rings is 2. The number of likely N-dealkylation sites (tertiary alicyclic amines) is 1. The number of rotatable bonds is 3. The highest BCUT2D eigenvalue weighted by Gasteiger charge is 2.26. The predicted octanol–water partition coefficient (Wildman–Crippen LogP) is 2.31. The van der Waals surface area contributed by atoms with Crippen LogP contribution in [0.1, 0.15) is 32.6 Å². The molecule has 2 saturated heterocycles. The maximum atomic E-state index is 4.58. The molecule has 1 atom stereocenters. The van der Waals surface area contributed by atoms with E-state index in [0.29, 0.717) is 0 Å². The molecule has 0 aromatic carbocycles. The van der Waals surface area contributed by atoms with E-state index in [1.807, 2.05) is 17.9 Å². The molecule has 6 heteroatoms. The van der Waals surface area contributed by atoms with Crippen LogP contribution in [-0.4, -0.2) is 57.4 Å². The van der Waals surface area contributed by atoms with E-state index in [0.717, 1.165) is 41.8 Å². The van der Waals surface area contributed by atoms with Crippen LogP contribution in [0.5, 0.6) is 0 Å². The molecule has 2 aromatic rings. The zero-order valence-electron chi connectivity index (χ0n) is 14.9. The van der Waals surface area contributed by atoms with Crippen molar-refractivity contribution in [2.45, 2.75) is 32.6 Å². The second kappa shape index (κ2) is 6.67. The monoisotopic (exact) mass is 328 g/mol. The topological polar surface area (TPSA) is 50.1 Å². The van der Waals surface area contributed by atoms with Crippen LogP contribution in [0.4, 0.5) is 5.82 Å². The van der Waals surface area contributed by atoms with Gasteiger partial charge in [-0.15, -0.1) is 0 Å². The second-order valence-corrected chi connectivity index (χ2v) is 7.64. The number of aromatic nitrogens is 4. The van der Waals surface area contributed by atoms with Crippen molar-refractivity contribution >= 4 is 16.9 Å². The molecule has 0 saturated carbocycles. The van der Waals surface area contributed by atoms with Gasteiger partial charge in [-0.3, -0.25) is 4.68 Å². The average molecular weight is 328 g/mol. The highest BCUT2D eigenvalue weighted by molar-refractivity contribution is 5.86. The number of aryl methyl sites for hydroxylation is 1. The molecule has 2 aromatic heterocycles. The molecule has 0 N–H and O–H groups in total. The normalized spacial score (nSPS) is 23.9. The summed E-state index contributed by atoms with van der Waals surface area (Å²) in [7, 11) is 1.94. The van der Waals surface area contributed by atoms with Crippen molar-refractivity contribution in [2.24, 2.45) is 18.9 Å². The van der Waals surface area contributed by atoms with E-state index >= 15 is 0 Å². The van der Waals surface area contributed by atoms with E-state index in [1.54, 1.807) is 6.33 Å². The highest BCUT2D eigenvalue weighted by atomic mass is 15.3. The van der Waals surface area contributed by atoms with Crippen LogP contribution in [0, 0.1) is 11.8 Å². The third-order valence-corrected chi connectivity index (χ3v) is 5.72. The van der Waals surface area contributed by atoms with E-state index in [9.17, 15) is 0 Å². The number of nitrogens with zero attached hydrogens (tertiary/aromatic N) is 6. The summed E-state index contributed by atoms with van der Waals surface area (Å²) in [4.78, 5) is 14.1. The first kappa shape index (κ1) is 15.8. The minimum absolute atomic E-state index is 0.744. The molecule has 6 nitrogen and oxygen atoms in total. The number of hydrogen-bond acceptors (Lipinski definition) is 5. The van der Waals surface area contributed by atoms with Gasteiger partial charge in [0.15, 0.2) is 5.65 Å². The summed E-state index contributed by atoms with van der Waals surface area (Å²) < 4.78 is 1.83. The van der Waals surface area contributed by atoms with Crippen LogP contribution in [-0.2, 0) is 7.05 Å². The average Bonchev–Trinajstić information content (AvgIpc) is 2.99. The van der Waals surface area contributed by atoms with Gasteiger partial charge >= 0.3 is 0 Å². The summed E-state index contributed by atoms with van der Waals surface area (Å²) in [6, 6.07) is 0. The minimum Gasteiger partial charge on any atom is -0.356 e. The first-order chi connectivity index (χ1) is 11.7. The Morgan fingerprint density at radius 2 is 1.96 bits per heavy atom. The molecule has 24 heavy (non-hydrogen) atoms. The van der Waals surface area contributed by atoms with Gasteiger partial charge in [0.05, 0.1) is 11.6 Å². The maximum absolute atomic E-state index is 4.58. The Kier molecular flexibility index (Phi) is 4.39. The van der Waals surface area contributed by atoms with Crippen LogP contribution in [0.3, 0.4) is 0 Å². The molecule has 2 aliphatic heterocycles. The molecule has 0 amide bonds. The van der Waals surface area contributed by atoms with Gasteiger partial charge in [0.25, 0.3) is 0 Å². The molecule has 0 aliphatic carbocycles. The van der Waals surface area contributed by atoms with Crippen molar-refractivity contribution in [3.05, 3.63) is 12.5 Å². The Labute approximate surface area is 143 Å². The molecule has 0 radical (unpaired) electrons. The summed E-state index contributed by atoms with van der Waals surface area (Å²) in [5.41, 5.74) is 0.923. The summed E-state index contributed by atoms with van der Waals surface area (Å²) in [6.07, 6.45) is 8.89. The maximum Gasteiger partial charge on any atom is 0.163 e. The van der Waals surface area contributed by atoms with E-state index in [4.69, 9.17) is 0 Å². The Morgan fingerprint density at radius 3 is 2.79 bits per heavy atom. The van der Waals surface area contributed by atoms with Crippen molar-refractivity contribution in [2.75, 3.05) is 37.6 Å². The van der Waals surface area contributed by atoms with Crippen LogP contribution >= 0.6 is 0 Å². The van der Waals surface area contributed by atoms with Crippen molar-refractivity contribution in [1.29, 1.82) is 0 Å². The lowest BCUT2D eigenvalue weighted by Gasteiger charge is -2.38. The van der Waals surface area contributed by atoms with Crippen molar-refractivity contribution in [3.8, 4) is 0 Å². The summed E-state index contributed by atoms with van der Waals surface area (Å²) in [5, 5.41) is 5.43. The lowest BCUT2D eigenvalue weighted by Crippen LogP contribution is -2.43. The largest absolute Gasteiger partial charge is 0.356 e. The van der Waals surface area contributed by atoms with Gasteiger partial charge in [0.1, 0.15) is 12.1 Å². The molecule has 0 bridgehead atoms. The SMILES string of the molecule is CC1CCN(C[C@@H]2CCCN(c3ncnc4c3cnn4C)C2)CC1. The fraction of sp³-hybridized carbons (Fsp3) is 0.722. The number of fused-ring (bicyclic) bond motifs is 1. The summed E-state index contributed by atoms with van der Waals surface area (Å²) in [6.45, 7) is 8.37. The third kappa shape index (κ3) is 3.11. The molecule has 2 aliphatic rings. The van der Waals surface area contributed by atoms with Crippen LogP contribution in [0.25, 0.3) is 11.0 Å². The third-order valence-electron chi connectivity index (χ3n) is 5.72. The Balaban J connectivity index is 1.46. The van der Waals surface area contributed by atoms with E-state index in [1.165, 1.54) is 45.3 Å². The zero-order valence-corrected chi connectivity index (χ0v) is 14.9. The van der Waals surface area contributed by atoms with Crippen LogP contribution in [0.15, 0.2) is 12.5 Å². The molecule has 130 valence electrons. The van der Waals surface area contributed by atoms with Crippen molar-refractivity contribution in [3.63, 3.8) is 0 Å². The lowest BCUT2D eigenvalue weighted by molar-refractivity contribution is 0.159.